The molecule has 0 amide bonds. The molecule has 43 heavy (non-hydrogen) atoms. The van der Waals surface area contributed by atoms with Crippen molar-refractivity contribution >= 4 is 54.9 Å². The van der Waals surface area contributed by atoms with Gasteiger partial charge in [-0.15, -0.1) is 0 Å². The fourth-order valence-corrected chi connectivity index (χ4v) is 7.53. The zero-order valence-corrected chi connectivity index (χ0v) is 23.9. The van der Waals surface area contributed by atoms with Gasteiger partial charge in [0.1, 0.15) is 15.7 Å². The molecule has 0 saturated carbocycles. The molecule has 0 spiro atoms. The first-order chi connectivity index (χ1) is 21.4. The van der Waals surface area contributed by atoms with E-state index < -0.39 is 0 Å². The maximum Gasteiger partial charge on any atom is 0.129 e. The van der Waals surface area contributed by atoms with Crippen molar-refractivity contribution in [1.29, 1.82) is 0 Å². The molecule has 0 fully saturated rings. The Morgan fingerprint density at radius 1 is 0.488 bits per heavy atom. The van der Waals surface area contributed by atoms with Crippen LogP contribution in [0.3, 0.4) is 0 Å². The first-order valence-corrected chi connectivity index (χ1v) is 15.2. The van der Waals surface area contributed by atoms with Gasteiger partial charge in [0.05, 0.1) is 34.0 Å². The molecule has 202 valence electrons. The number of pyridine rings is 1. The maximum atomic E-state index is 5.30. The molecular weight excluding hydrogens is 545 g/mol. The Hall–Kier alpha value is -5.52. The summed E-state index contributed by atoms with van der Waals surface area (Å²) in [6, 6.07) is 47.2. The van der Waals surface area contributed by atoms with Crippen LogP contribution in [0.2, 0.25) is 0 Å². The molecule has 0 N–H and O–H groups in total. The smallest absolute Gasteiger partial charge is 0.129 e. The standard InChI is InChI=1S/C38H24N4S/c1-3-12-25(13-4-1)34-38(43-37(40-34)26-14-5-2-6-15-26)42-33-20-10-8-18-29(33)31-22-21-30-28-17-7-9-19-32(28)41(35(30)36(31)42)27-16-11-23-39-24-27/h1-24H. The Bertz CT molecular complexity index is 2440. The normalized spacial score (nSPS) is 11.7. The maximum absolute atomic E-state index is 5.30. The van der Waals surface area contributed by atoms with E-state index in [-0.39, 0.29) is 0 Å². The number of fused-ring (bicyclic) bond motifs is 7. The third kappa shape index (κ3) is 3.62. The van der Waals surface area contributed by atoms with Gasteiger partial charge in [-0.25, -0.2) is 4.98 Å². The molecule has 5 heteroatoms. The molecule has 0 aliphatic carbocycles. The van der Waals surface area contributed by atoms with E-state index >= 15 is 0 Å². The van der Waals surface area contributed by atoms with Crippen molar-refractivity contribution < 1.29 is 0 Å². The molecule has 0 saturated heterocycles. The lowest BCUT2D eigenvalue weighted by Gasteiger charge is -2.12. The predicted octanol–water partition coefficient (Wildman–Crippen LogP) is 10.1. The molecule has 9 rings (SSSR count). The molecule has 4 heterocycles. The Morgan fingerprint density at radius 3 is 1.72 bits per heavy atom. The summed E-state index contributed by atoms with van der Waals surface area (Å²) in [6.45, 7) is 0. The fourth-order valence-electron chi connectivity index (χ4n) is 6.42. The lowest BCUT2D eigenvalue weighted by Crippen LogP contribution is -1.99. The molecular formula is C38H24N4S. The Morgan fingerprint density at radius 2 is 1.07 bits per heavy atom. The van der Waals surface area contributed by atoms with E-state index in [0.717, 1.165) is 49.1 Å². The number of rotatable bonds is 4. The Kier molecular flexibility index (Phi) is 5.33. The number of benzene rings is 5. The number of para-hydroxylation sites is 2. The second-order valence-corrected chi connectivity index (χ2v) is 11.7. The summed E-state index contributed by atoms with van der Waals surface area (Å²) in [4.78, 5) is 9.82. The topological polar surface area (TPSA) is 35.6 Å². The van der Waals surface area contributed by atoms with Gasteiger partial charge in [-0.2, -0.15) is 0 Å². The molecule has 4 nitrogen and oxygen atoms in total. The number of nitrogens with zero attached hydrogens (tertiary/aromatic N) is 4. The van der Waals surface area contributed by atoms with Crippen LogP contribution < -0.4 is 0 Å². The van der Waals surface area contributed by atoms with Crippen molar-refractivity contribution in [1.82, 2.24) is 19.1 Å². The first kappa shape index (κ1) is 24.1. The van der Waals surface area contributed by atoms with Crippen molar-refractivity contribution in [3.05, 3.63) is 146 Å². The molecule has 9 aromatic rings. The minimum Gasteiger partial charge on any atom is -0.306 e. The van der Waals surface area contributed by atoms with E-state index in [0.29, 0.717) is 0 Å². The molecule has 0 atom stereocenters. The lowest BCUT2D eigenvalue weighted by atomic mass is 10.1. The fraction of sp³-hybridized carbons (Fsp3) is 0. The minimum absolute atomic E-state index is 0.980. The quantitative estimate of drug-likeness (QED) is 0.212. The molecule has 0 bridgehead atoms. The highest BCUT2D eigenvalue weighted by Crippen LogP contribution is 2.45. The van der Waals surface area contributed by atoms with Crippen LogP contribution in [0.25, 0.3) is 76.1 Å². The first-order valence-electron chi connectivity index (χ1n) is 14.3. The van der Waals surface area contributed by atoms with Gasteiger partial charge in [0.2, 0.25) is 0 Å². The van der Waals surface area contributed by atoms with Crippen molar-refractivity contribution in [2.24, 2.45) is 0 Å². The van der Waals surface area contributed by atoms with Crippen LogP contribution in [0.5, 0.6) is 0 Å². The number of hydrogen-bond donors (Lipinski definition) is 0. The highest BCUT2D eigenvalue weighted by molar-refractivity contribution is 7.18. The van der Waals surface area contributed by atoms with Crippen LogP contribution in [-0.4, -0.2) is 19.1 Å². The van der Waals surface area contributed by atoms with E-state index in [4.69, 9.17) is 4.98 Å². The van der Waals surface area contributed by atoms with E-state index in [1.54, 1.807) is 11.3 Å². The van der Waals surface area contributed by atoms with E-state index in [1.165, 1.54) is 27.1 Å². The molecule has 4 aromatic heterocycles. The highest BCUT2D eigenvalue weighted by Gasteiger charge is 2.24. The van der Waals surface area contributed by atoms with Crippen molar-refractivity contribution in [3.8, 4) is 32.5 Å². The van der Waals surface area contributed by atoms with Crippen molar-refractivity contribution in [2.75, 3.05) is 0 Å². The average molecular weight is 569 g/mol. The summed E-state index contributed by atoms with van der Waals surface area (Å²) in [7, 11) is 0. The SMILES string of the molecule is c1ccc(-c2nc(-c3ccccc3)c(-n3c4ccccc4c4ccc5c6ccccc6n(-c6cccnc6)c5c43)s2)cc1. The molecule has 0 aliphatic heterocycles. The van der Waals surface area contributed by atoms with E-state index in [1.807, 2.05) is 18.5 Å². The molecule has 0 unspecified atom stereocenters. The average Bonchev–Trinajstić information content (AvgIpc) is 3.76. The minimum atomic E-state index is 0.980. The van der Waals surface area contributed by atoms with Crippen LogP contribution in [-0.2, 0) is 0 Å². The molecule has 5 aromatic carbocycles. The van der Waals surface area contributed by atoms with Crippen LogP contribution >= 0.6 is 11.3 Å². The largest absolute Gasteiger partial charge is 0.306 e. The number of hydrogen-bond acceptors (Lipinski definition) is 3. The van der Waals surface area contributed by atoms with Gasteiger partial charge in [-0.3, -0.25) is 9.55 Å². The van der Waals surface area contributed by atoms with Crippen LogP contribution in [0.1, 0.15) is 0 Å². The molecule has 0 radical (unpaired) electrons. The van der Waals surface area contributed by atoms with Gasteiger partial charge in [0.15, 0.2) is 0 Å². The molecule has 0 aliphatic rings. The third-order valence-electron chi connectivity index (χ3n) is 8.25. The zero-order chi connectivity index (χ0) is 28.3. The second-order valence-electron chi connectivity index (χ2n) is 10.7. The Labute approximate surface area is 251 Å². The summed E-state index contributed by atoms with van der Waals surface area (Å²) in [5.41, 5.74) is 8.88. The summed E-state index contributed by atoms with van der Waals surface area (Å²) in [5, 5.41) is 6.97. The van der Waals surface area contributed by atoms with Gasteiger partial charge < -0.3 is 4.57 Å². The predicted molar refractivity (Wildman–Crippen MR) is 179 cm³/mol. The van der Waals surface area contributed by atoms with Gasteiger partial charge in [0, 0.05) is 38.9 Å². The van der Waals surface area contributed by atoms with Gasteiger partial charge in [-0.05, 0) is 24.3 Å². The summed E-state index contributed by atoms with van der Waals surface area (Å²) in [5.74, 6) is 0. The van der Waals surface area contributed by atoms with Crippen LogP contribution in [0.4, 0.5) is 0 Å². The second kappa shape index (κ2) is 9.51. The van der Waals surface area contributed by atoms with E-state index in [9.17, 15) is 0 Å². The van der Waals surface area contributed by atoms with Crippen LogP contribution in [0.15, 0.2) is 146 Å². The summed E-state index contributed by atoms with van der Waals surface area (Å²) < 4.78 is 4.82. The summed E-state index contributed by atoms with van der Waals surface area (Å²) >= 11 is 1.74. The van der Waals surface area contributed by atoms with Crippen LogP contribution in [0, 0.1) is 0 Å². The summed E-state index contributed by atoms with van der Waals surface area (Å²) in [6.07, 6.45) is 3.78. The van der Waals surface area contributed by atoms with Gasteiger partial charge in [0.25, 0.3) is 0 Å². The zero-order valence-electron chi connectivity index (χ0n) is 23.1. The monoisotopic (exact) mass is 568 g/mol. The highest BCUT2D eigenvalue weighted by atomic mass is 32.1. The third-order valence-corrected chi connectivity index (χ3v) is 9.34. The van der Waals surface area contributed by atoms with Gasteiger partial charge >= 0.3 is 0 Å². The van der Waals surface area contributed by atoms with Crippen molar-refractivity contribution in [2.45, 2.75) is 0 Å². The lowest BCUT2D eigenvalue weighted by molar-refractivity contribution is 1.13. The van der Waals surface area contributed by atoms with Crippen molar-refractivity contribution in [3.63, 3.8) is 0 Å². The Balaban J connectivity index is 1.50. The number of thiazole rings is 1. The number of aromatic nitrogens is 4. The van der Waals surface area contributed by atoms with E-state index in [2.05, 4.69) is 142 Å². The van der Waals surface area contributed by atoms with Gasteiger partial charge in [-0.1, -0.05) is 121 Å².